The van der Waals surface area contributed by atoms with E-state index < -0.39 is 6.10 Å². The van der Waals surface area contributed by atoms with Gasteiger partial charge in [0.2, 0.25) is 0 Å². The molecule has 96 valence electrons. The lowest BCUT2D eigenvalue weighted by Crippen LogP contribution is -2.11. The predicted octanol–water partition coefficient (Wildman–Crippen LogP) is 2.76. The Morgan fingerprint density at radius 2 is 2.06 bits per heavy atom. The third-order valence-corrected chi connectivity index (χ3v) is 3.00. The maximum Gasteiger partial charge on any atom is 0.123 e. The van der Waals surface area contributed by atoms with Crippen LogP contribution in [0.3, 0.4) is 0 Å². The van der Waals surface area contributed by atoms with Crippen molar-refractivity contribution in [3.63, 3.8) is 0 Å². The van der Waals surface area contributed by atoms with Gasteiger partial charge < -0.3 is 9.84 Å². The number of benzene rings is 1. The Morgan fingerprint density at radius 3 is 2.72 bits per heavy atom. The Balaban J connectivity index is 1.86. The Kier molecular flexibility index (Phi) is 4.22. The number of aliphatic hydroxyl groups excluding tert-OH is 1. The van der Waals surface area contributed by atoms with Crippen LogP contribution in [0.15, 0.2) is 24.3 Å². The highest BCUT2D eigenvalue weighted by molar-refractivity contribution is 5.22. The predicted molar refractivity (Wildman–Crippen MR) is 67.6 cm³/mol. The van der Waals surface area contributed by atoms with E-state index in [9.17, 15) is 4.39 Å². The van der Waals surface area contributed by atoms with Crippen LogP contribution in [0.2, 0.25) is 0 Å². The van der Waals surface area contributed by atoms with Gasteiger partial charge in [0, 0.05) is 5.92 Å². The molecular weight excluding hydrogens is 231 g/mol. The van der Waals surface area contributed by atoms with Crippen molar-refractivity contribution in [1.29, 1.82) is 0 Å². The van der Waals surface area contributed by atoms with Crippen LogP contribution < -0.4 is 4.74 Å². The summed E-state index contributed by atoms with van der Waals surface area (Å²) in [7, 11) is 0. The second-order valence-corrected chi connectivity index (χ2v) is 4.67. The van der Waals surface area contributed by atoms with Gasteiger partial charge in [0.05, 0.1) is 6.10 Å². The molecular formula is C15H17FO2. The number of hydrogen-bond donors (Lipinski definition) is 1. The summed E-state index contributed by atoms with van der Waals surface area (Å²) in [6, 6.07) is 6.08. The number of halogens is 1. The lowest BCUT2D eigenvalue weighted by atomic mass is 10.1. The standard InChI is InChI=1S/C15H17FO2/c1-11(17)2-3-12-4-7-15(10-12)18-14-8-5-13(16)6-9-14/h5-6,8-9,11-12,15,17H,4,7,10H2,1H3. The van der Waals surface area contributed by atoms with Crippen LogP contribution in [-0.4, -0.2) is 17.3 Å². The van der Waals surface area contributed by atoms with E-state index in [0.29, 0.717) is 11.7 Å². The summed E-state index contributed by atoms with van der Waals surface area (Å²) in [6.07, 6.45) is 2.39. The molecule has 18 heavy (non-hydrogen) atoms. The van der Waals surface area contributed by atoms with Gasteiger partial charge in [-0.05, 0) is 50.5 Å². The van der Waals surface area contributed by atoms with Gasteiger partial charge in [-0.15, -0.1) is 0 Å². The SMILES string of the molecule is CC(O)C#CC1CCC(Oc2ccc(F)cc2)C1. The monoisotopic (exact) mass is 248 g/mol. The van der Waals surface area contributed by atoms with Crippen LogP contribution in [-0.2, 0) is 0 Å². The van der Waals surface area contributed by atoms with Crippen molar-refractivity contribution in [3.8, 4) is 17.6 Å². The minimum Gasteiger partial charge on any atom is -0.490 e. The molecule has 0 heterocycles. The van der Waals surface area contributed by atoms with E-state index >= 15 is 0 Å². The van der Waals surface area contributed by atoms with Gasteiger partial charge in [-0.1, -0.05) is 11.8 Å². The largest absolute Gasteiger partial charge is 0.490 e. The van der Waals surface area contributed by atoms with Crippen LogP contribution in [0.5, 0.6) is 5.75 Å². The van der Waals surface area contributed by atoms with E-state index in [1.54, 1.807) is 19.1 Å². The van der Waals surface area contributed by atoms with Gasteiger partial charge in [0.1, 0.15) is 17.7 Å². The van der Waals surface area contributed by atoms with Crippen molar-refractivity contribution in [1.82, 2.24) is 0 Å². The Hall–Kier alpha value is -1.53. The summed E-state index contributed by atoms with van der Waals surface area (Å²) >= 11 is 0. The number of aliphatic hydroxyl groups is 1. The first-order valence-electron chi connectivity index (χ1n) is 6.25. The summed E-state index contributed by atoms with van der Waals surface area (Å²) < 4.78 is 18.5. The third kappa shape index (κ3) is 3.75. The first-order valence-corrected chi connectivity index (χ1v) is 6.25. The normalized spacial score (nSPS) is 24.2. The summed E-state index contributed by atoms with van der Waals surface area (Å²) in [4.78, 5) is 0. The second-order valence-electron chi connectivity index (χ2n) is 4.67. The minimum atomic E-state index is -0.568. The zero-order valence-electron chi connectivity index (χ0n) is 10.4. The molecule has 3 heteroatoms. The van der Waals surface area contributed by atoms with Crippen molar-refractivity contribution >= 4 is 0 Å². The van der Waals surface area contributed by atoms with Gasteiger partial charge in [-0.2, -0.15) is 0 Å². The molecule has 1 aromatic carbocycles. The molecule has 0 bridgehead atoms. The Bertz CT molecular complexity index is 442. The van der Waals surface area contributed by atoms with Gasteiger partial charge in [-0.3, -0.25) is 0 Å². The molecule has 1 aromatic rings. The molecule has 2 rings (SSSR count). The van der Waals surface area contributed by atoms with Crippen LogP contribution >= 0.6 is 0 Å². The molecule has 0 spiro atoms. The Morgan fingerprint density at radius 1 is 1.33 bits per heavy atom. The van der Waals surface area contributed by atoms with Crippen LogP contribution in [0.1, 0.15) is 26.2 Å². The Labute approximate surface area is 107 Å². The molecule has 1 aliphatic carbocycles. The maximum atomic E-state index is 12.7. The van der Waals surface area contributed by atoms with Crippen molar-refractivity contribution in [2.75, 3.05) is 0 Å². The van der Waals surface area contributed by atoms with Crippen molar-refractivity contribution in [2.45, 2.75) is 38.4 Å². The number of ether oxygens (including phenoxy) is 1. The molecule has 2 nitrogen and oxygen atoms in total. The minimum absolute atomic E-state index is 0.142. The summed E-state index contributed by atoms with van der Waals surface area (Å²) in [5, 5.41) is 9.10. The average molecular weight is 248 g/mol. The fraction of sp³-hybridized carbons (Fsp3) is 0.467. The van der Waals surface area contributed by atoms with Crippen LogP contribution in [0.4, 0.5) is 4.39 Å². The van der Waals surface area contributed by atoms with Gasteiger partial charge in [0.15, 0.2) is 0 Å². The van der Waals surface area contributed by atoms with Crippen molar-refractivity contribution in [2.24, 2.45) is 5.92 Å². The second kappa shape index (κ2) is 5.88. The van der Waals surface area contributed by atoms with Crippen LogP contribution in [0.25, 0.3) is 0 Å². The summed E-state index contributed by atoms with van der Waals surface area (Å²) in [6.45, 7) is 1.66. The highest BCUT2D eigenvalue weighted by Gasteiger charge is 2.24. The summed E-state index contributed by atoms with van der Waals surface area (Å²) in [5.41, 5.74) is 0. The zero-order chi connectivity index (χ0) is 13.0. The topological polar surface area (TPSA) is 29.5 Å². The fourth-order valence-electron chi connectivity index (χ4n) is 2.12. The van der Waals surface area contributed by atoms with E-state index in [2.05, 4.69) is 11.8 Å². The molecule has 0 radical (unpaired) electrons. The average Bonchev–Trinajstić information content (AvgIpc) is 2.77. The zero-order valence-corrected chi connectivity index (χ0v) is 10.4. The van der Waals surface area contributed by atoms with Crippen molar-refractivity contribution < 1.29 is 14.2 Å². The third-order valence-electron chi connectivity index (χ3n) is 3.00. The summed E-state index contributed by atoms with van der Waals surface area (Å²) in [5.74, 6) is 6.59. The molecule has 3 unspecified atom stereocenters. The van der Waals surface area contributed by atoms with Crippen LogP contribution in [0, 0.1) is 23.6 Å². The van der Waals surface area contributed by atoms with E-state index in [1.165, 1.54) is 12.1 Å². The molecule has 1 saturated carbocycles. The molecule has 0 aromatic heterocycles. The smallest absolute Gasteiger partial charge is 0.123 e. The number of rotatable bonds is 2. The first kappa shape index (κ1) is 12.9. The molecule has 0 saturated heterocycles. The fourth-order valence-corrected chi connectivity index (χ4v) is 2.12. The van der Waals surface area contributed by atoms with E-state index in [4.69, 9.17) is 9.84 Å². The lowest BCUT2D eigenvalue weighted by molar-refractivity contribution is 0.207. The van der Waals surface area contributed by atoms with Gasteiger partial charge in [0.25, 0.3) is 0 Å². The van der Waals surface area contributed by atoms with Gasteiger partial charge >= 0.3 is 0 Å². The molecule has 0 aliphatic heterocycles. The molecule has 1 fully saturated rings. The van der Waals surface area contributed by atoms with E-state index in [1.807, 2.05) is 0 Å². The first-order chi connectivity index (χ1) is 8.63. The lowest BCUT2D eigenvalue weighted by Gasteiger charge is -2.12. The quantitative estimate of drug-likeness (QED) is 0.815. The number of hydrogen-bond acceptors (Lipinski definition) is 2. The van der Waals surface area contributed by atoms with E-state index in [0.717, 1.165) is 19.3 Å². The van der Waals surface area contributed by atoms with E-state index in [-0.39, 0.29) is 11.9 Å². The highest BCUT2D eigenvalue weighted by Crippen LogP contribution is 2.28. The molecule has 0 amide bonds. The van der Waals surface area contributed by atoms with Gasteiger partial charge in [-0.25, -0.2) is 4.39 Å². The van der Waals surface area contributed by atoms with Crippen molar-refractivity contribution in [3.05, 3.63) is 30.1 Å². The highest BCUT2D eigenvalue weighted by atomic mass is 19.1. The molecule has 1 aliphatic rings. The molecule has 1 N–H and O–H groups in total. The molecule has 3 atom stereocenters. The maximum absolute atomic E-state index is 12.7.